The fraction of sp³-hybridized carbons (Fsp3) is 0.161. The van der Waals surface area contributed by atoms with Crippen LogP contribution in [-0.2, 0) is 10.2 Å². The van der Waals surface area contributed by atoms with E-state index in [9.17, 15) is 0 Å². The third kappa shape index (κ3) is 2.71. The molecule has 3 unspecified atom stereocenters. The Bertz CT molecular complexity index is 1290. The van der Waals surface area contributed by atoms with Gasteiger partial charge in [-0.2, -0.15) is 0 Å². The van der Waals surface area contributed by atoms with Crippen LogP contribution in [0.25, 0.3) is 4.91 Å². The molecule has 0 bridgehead atoms. The molecule has 0 aromatic heterocycles. The number of allylic oxidation sites excluding steroid dienone is 1. The summed E-state index contributed by atoms with van der Waals surface area (Å²) >= 11 is 2.06. The maximum absolute atomic E-state index is 2.58. The molecule has 0 nitrogen and oxygen atoms in total. The second kappa shape index (κ2) is 7.25. The molecule has 3 atom stereocenters. The first kappa shape index (κ1) is 19.6. The van der Waals surface area contributed by atoms with Crippen LogP contribution >= 0.6 is 11.8 Å². The lowest BCUT2D eigenvalue weighted by molar-refractivity contribution is 0.808. The summed E-state index contributed by atoms with van der Waals surface area (Å²) in [5.41, 5.74) is 8.12. The summed E-state index contributed by atoms with van der Waals surface area (Å²) in [4.78, 5) is 1.39. The quantitative estimate of drug-likeness (QED) is 0.316. The van der Waals surface area contributed by atoms with Crippen molar-refractivity contribution >= 4 is 16.7 Å². The number of fused-ring (bicyclic) bond motifs is 1. The van der Waals surface area contributed by atoms with E-state index >= 15 is 0 Å². The molecule has 0 spiro atoms. The SMILES string of the molecule is Cc1ccc(C2=CC3(c4ccccc4)C(c4ccccc4)C3(c3ccc(C)cc3)S2)cc1. The fourth-order valence-electron chi connectivity index (χ4n) is 5.66. The van der Waals surface area contributed by atoms with Crippen LogP contribution in [-0.4, -0.2) is 0 Å². The Kier molecular flexibility index (Phi) is 4.45. The Labute approximate surface area is 195 Å². The van der Waals surface area contributed by atoms with Gasteiger partial charge in [0.2, 0.25) is 0 Å². The summed E-state index contributed by atoms with van der Waals surface area (Å²) in [7, 11) is 0. The summed E-state index contributed by atoms with van der Waals surface area (Å²) in [6.07, 6.45) is 2.58. The zero-order valence-corrected chi connectivity index (χ0v) is 19.3. The van der Waals surface area contributed by atoms with Gasteiger partial charge in [0.05, 0.1) is 4.75 Å². The van der Waals surface area contributed by atoms with Crippen LogP contribution < -0.4 is 0 Å². The van der Waals surface area contributed by atoms with E-state index < -0.39 is 0 Å². The number of hydrogen-bond acceptors (Lipinski definition) is 1. The zero-order chi connectivity index (χ0) is 21.8. The number of benzene rings is 4. The first-order valence-electron chi connectivity index (χ1n) is 11.3. The Morgan fingerprint density at radius 1 is 0.594 bits per heavy atom. The predicted molar refractivity (Wildman–Crippen MR) is 137 cm³/mol. The van der Waals surface area contributed by atoms with Gasteiger partial charge in [-0.25, -0.2) is 0 Å². The monoisotopic (exact) mass is 430 g/mol. The lowest BCUT2D eigenvalue weighted by atomic mass is 9.87. The van der Waals surface area contributed by atoms with Crippen LogP contribution in [0.3, 0.4) is 0 Å². The van der Waals surface area contributed by atoms with E-state index in [0.29, 0.717) is 5.92 Å². The Hall–Kier alpha value is -3.03. The van der Waals surface area contributed by atoms with Gasteiger partial charge in [-0.15, -0.1) is 11.8 Å². The molecule has 0 radical (unpaired) electrons. The minimum atomic E-state index is -0.0598. The summed E-state index contributed by atoms with van der Waals surface area (Å²) < 4.78 is -0.0381. The summed E-state index contributed by atoms with van der Waals surface area (Å²) in [5, 5.41) is 0. The van der Waals surface area contributed by atoms with Gasteiger partial charge in [0.1, 0.15) is 0 Å². The van der Waals surface area contributed by atoms with Crippen LogP contribution in [0, 0.1) is 13.8 Å². The molecule has 156 valence electrons. The third-order valence-electron chi connectivity index (χ3n) is 7.22. The average molecular weight is 431 g/mol. The van der Waals surface area contributed by atoms with Gasteiger partial charge < -0.3 is 0 Å². The van der Waals surface area contributed by atoms with Gasteiger partial charge in [-0.05, 0) is 36.1 Å². The van der Waals surface area contributed by atoms with Gasteiger partial charge >= 0.3 is 0 Å². The standard InChI is InChI=1S/C31H26S/c1-22-13-17-24(18-14-22)28-21-30(26-11-7-4-8-12-26)29(25-9-5-3-6-10-25)31(30,32-28)27-19-15-23(2)16-20-27/h3-21,29H,1-2H3. The molecule has 1 saturated carbocycles. The van der Waals surface area contributed by atoms with E-state index in [0.717, 1.165) is 0 Å². The van der Waals surface area contributed by atoms with Crippen molar-refractivity contribution in [2.45, 2.75) is 29.9 Å². The molecule has 2 aliphatic rings. The first-order chi connectivity index (χ1) is 15.6. The van der Waals surface area contributed by atoms with E-state index in [4.69, 9.17) is 0 Å². The molecule has 6 rings (SSSR count). The average Bonchev–Trinajstić information content (AvgIpc) is 3.26. The Morgan fingerprint density at radius 3 is 1.78 bits per heavy atom. The van der Waals surface area contributed by atoms with Crippen molar-refractivity contribution in [2.75, 3.05) is 0 Å². The van der Waals surface area contributed by atoms with Crippen LogP contribution in [0.15, 0.2) is 115 Å². The highest BCUT2D eigenvalue weighted by molar-refractivity contribution is 8.10. The van der Waals surface area contributed by atoms with Crippen molar-refractivity contribution in [3.8, 4) is 0 Å². The van der Waals surface area contributed by atoms with Gasteiger partial charge in [0, 0.05) is 16.2 Å². The third-order valence-corrected chi connectivity index (χ3v) is 8.93. The van der Waals surface area contributed by atoms with E-state index in [2.05, 4.69) is 141 Å². The molecular weight excluding hydrogens is 404 g/mol. The molecule has 0 N–H and O–H groups in total. The van der Waals surface area contributed by atoms with Gasteiger partial charge in [-0.3, -0.25) is 0 Å². The van der Waals surface area contributed by atoms with E-state index in [1.165, 1.54) is 38.3 Å². The van der Waals surface area contributed by atoms with Crippen LogP contribution in [0.5, 0.6) is 0 Å². The minimum Gasteiger partial charge on any atom is -0.112 e. The molecule has 4 aromatic carbocycles. The van der Waals surface area contributed by atoms with Crippen molar-refractivity contribution < 1.29 is 0 Å². The molecular formula is C31H26S. The van der Waals surface area contributed by atoms with E-state index in [1.807, 2.05) is 0 Å². The van der Waals surface area contributed by atoms with Gasteiger partial charge in [0.25, 0.3) is 0 Å². The predicted octanol–water partition coefficient (Wildman–Crippen LogP) is 8.02. The van der Waals surface area contributed by atoms with Crippen molar-refractivity contribution in [1.29, 1.82) is 0 Å². The topological polar surface area (TPSA) is 0 Å². The molecule has 0 amide bonds. The second-order valence-corrected chi connectivity index (χ2v) is 10.4. The molecule has 0 saturated heterocycles. The van der Waals surface area contributed by atoms with Crippen LogP contribution in [0.4, 0.5) is 0 Å². The summed E-state index contributed by atoms with van der Waals surface area (Å²) in [6.45, 7) is 4.33. The fourth-order valence-corrected chi connectivity index (χ4v) is 7.60. The number of hydrogen-bond donors (Lipinski definition) is 0. The molecule has 1 aliphatic heterocycles. The van der Waals surface area contributed by atoms with Crippen LogP contribution in [0.2, 0.25) is 0 Å². The smallest absolute Gasteiger partial charge is 0.0674 e. The highest BCUT2D eigenvalue weighted by Crippen LogP contribution is 2.85. The second-order valence-electron chi connectivity index (χ2n) is 9.16. The molecule has 1 aliphatic carbocycles. The maximum Gasteiger partial charge on any atom is 0.0674 e. The van der Waals surface area contributed by atoms with E-state index in [1.54, 1.807) is 0 Å². The van der Waals surface area contributed by atoms with E-state index in [-0.39, 0.29) is 10.2 Å². The molecule has 1 heterocycles. The van der Waals surface area contributed by atoms with Crippen molar-refractivity contribution in [3.63, 3.8) is 0 Å². The van der Waals surface area contributed by atoms with Gasteiger partial charge in [-0.1, -0.05) is 126 Å². The molecule has 32 heavy (non-hydrogen) atoms. The summed E-state index contributed by atoms with van der Waals surface area (Å²) in [5.74, 6) is 0.403. The maximum atomic E-state index is 2.58. The van der Waals surface area contributed by atoms with Crippen molar-refractivity contribution in [2.24, 2.45) is 0 Å². The van der Waals surface area contributed by atoms with Crippen LogP contribution in [0.1, 0.15) is 39.3 Å². The first-order valence-corrected chi connectivity index (χ1v) is 12.1. The number of rotatable bonds is 4. The lowest BCUT2D eigenvalue weighted by Gasteiger charge is -2.19. The number of aryl methyl sites for hydroxylation is 2. The molecule has 1 fully saturated rings. The number of thioether (sulfide) groups is 1. The Balaban J connectivity index is 1.60. The Morgan fingerprint density at radius 2 is 1.16 bits per heavy atom. The minimum absolute atomic E-state index is 0.0381. The zero-order valence-electron chi connectivity index (χ0n) is 18.5. The van der Waals surface area contributed by atoms with Crippen molar-refractivity contribution in [3.05, 3.63) is 149 Å². The molecule has 1 heteroatoms. The lowest BCUT2D eigenvalue weighted by Crippen LogP contribution is -2.13. The van der Waals surface area contributed by atoms with Gasteiger partial charge in [0.15, 0.2) is 0 Å². The largest absolute Gasteiger partial charge is 0.112 e. The highest BCUT2D eigenvalue weighted by atomic mass is 32.2. The highest BCUT2D eigenvalue weighted by Gasteiger charge is 2.80. The van der Waals surface area contributed by atoms with Crippen molar-refractivity contribution in [1.82, 2.24) is 0 Å². The summed E-state index contributed by atoms with van der Waals surface area (Å²) in [6, 6.07) is 40.5. The normalized spacial score (nSPS) is 25.8. The molecule has 4 aromatic rings.